The molecule has 1 amide bonds. The quantitative estimate of drug-likeness (QED) is 0.827. The average molecular weight is 332 g/mol. The van der Waals surface area contributed by atoms with Crippen LogP contribution >= 0.6 is 11.6 Å². The maximum atomic E-state index is 12.3. The van der Waals surface area contributed by atoms with Gasteiger partial charge < -0.3 is 10.1 Å². The highest BCUT2D eigenvalue weighted by Crippen LogP contribution is 2.11. The summed E-state index contributed by atoms with van der Waals surface area (Å²) in [5.41, 5.74) is 1.34. The molecule has 0 saturated heterocycles. The van der Waals surface area contributed by atoms with Gasteiger partial charge in [-0.2, -0.15) is 0 Å². The van der Waals surface area contributed by atoms with Crippen molar-refractivity contribution in [2.24, 2.45) is 0 Å². The van der Waals surface area contributed by atoms with Crippen molar-refractivity contribution in [3.8, 4) is 0 Å². The smallest absolute Gasteiger partial charge is 0.328 e. The van der Waals surface area contributed by atoms with Gasteiger partial charge in [-0.15, -0.1) is 0 Å². The Morgan fingerprint density at radius 3 is 2.52 bits per heavy atom. The summed E-state index contributed by atoms with van der Waals surface area (Å²) in [7, 11) is 0. The van der Waals surface area contributed by atoms with E-state index < -0.39 is 12.0 Å². The lowest BCUT2D eigenvalue weighted by Gasteiger charge is -2.17. The number of rotatable bonds is 6. The van der Waals surface area contributed by atoms with Gasteiger partial charge in [0.1, 0.15) is 6.04 Å². The minimum atomic E-state index is -0.746. The Morgan fingerprint density at radius 1 is 1.13 bits per heavy atom. The Morgan fingerprint density at radius 2 is 1.87 bits per heavy atom. The average Bonchev–Trinajstić information content (AvgIpc) is 2.55. The number of nitrogens with one attached hydrogen (secondary N) is 1. The van der Waals surface area contributed by atoms with Gasteiger partial charge in [-0.05, 0) is 30.7 Å². The Hall–Kier alpha value is -2.33. The summed E-state index contributed by atoms with van der Waals surface area (Å²) < 4.78 is 5.06. The van der Waals surface area contributed by atoms with E-state index in [1.807, 2.05) is 30.3 Å². The molecule has 23 heavy (non-hydrogen) atoms. The van der Waals surface area contributed by atoms with Crippen LogP contribution in [-0.2, 0) is 16.0 Å². The number of halogens is 1. The standard InChI is InChI=1S/C18H18ClNO3/c1-2-23-18(22)16(11-13-7-4-3-5-8-13)20-17(21)14-9-6-10-15(19)12-14/h3-10,12,16H,2,11H2,1H3,(H,20,21). The third-order valence-electron chi connectivity index (χ3n) is 3.25. The molecule has 0 aliphatic rings. The van der Waals surface area contributed by atoms with E-state index in [9.17, 15) is 9.59 Å². The van der Waals surface area contributed by atoms with Crippen molar-refractivity contribution in [2.75, 3.05) is 6.61 Å². The maximum Gasteiger partial charge on any atom is 0.328 e. The Balaban J connectivity index is 2.13. The molecule has 0 aromatic heterocycles. The molecule has 0 spiro atoms. The fourth-order valence-electron chi connectivity index (χ4n) is 2.16. The van der Waals surface area contributed by atoms with Crippen molar-refractivity contribution in [3.05, 3.63) is 70.7 Å². The molecule has 5 heteroatoms. The van der Waals surface area contributed by atoms with E-state index in [2.05, 4.69) is 5.32 Å². The molecule has 2 aromatic carbocycles. The maximum absolute atomic E-state index is 12.3. The summed E-state index contributed by atoms with van der Waals surface area (Å²) in [4.78, 5) is 24.4. The van der Waals surface area contributed by atoms with E-state index in [1.54, 1.807) is 31.2 Å². The first-order valence-electron chi connectivity index (χ1n) is 7.37. The molecule has 0 radical (unpaired) electrons. The number of amides is 1. The fraction of sp³-hybridized carbons (Fsp3) is 0.222. The zero-order valence-corrected chi connectivity index (χ0v) is 13.5. The van der Waals surface area contributed by atoms with E-state index >= 15 is 0 Å². The van der Waals surface area contributed by atoms with Crippen LogP contribution in [0.15, 0.2) is 54.6 Å². The van der Waals surface area contributed by atoms with Crippen LogP contribution in [0.4, 0.5) is 0 Å². The molecule has 2 aromatic rings. The van der Waals surface area contributed by atoms with Gasteiger partial charge in [0, 0.05) is 17.0 Å². The summed E-state index contributed by atoms with van der Waals surface area (Å²) in [6, 6.07) is 15.3. The van der Waals surface area contributed by atoms with Crippen molar-refractivity contribution in [1.29, 1.82) is 0 Å². The first-order chi connectivity index (χ1) is 11.1. The van der Waals surface area contributed by atoms with Gasteiger partial charge in [0.05, 0.1) is 6.61 Å². The predicted molar refractivity (Wildman–Crippen MR) is 89.5 cm³/mol. The number of hydrogen-bond acceptors (Lipinski definition) is 3. The number of carbonyl (C=O) groups excluding carboxylic acids is 2. The highest BCUT2D eigenvalue weighted by molar-refractivity contribution is 6.31. The summed E-state index contributed by atoms with van der Waals surface area (Å²) in [5, 5.41) is 3.19. The van der Waals surface area contributed by atoms with Gasteiger partial charge in [-0.3, -0.25) is 4.79 Å². The zero-order chi connectivity index (χ0) is 16.7. The molecule has 1 atom stereocenters. The van der Waals surface area contributed by atoms with Crippen LogP contribution in [0, 0.1) is 0 Å². The minimum absolute atomic E-state index is 0.261. The van der Waals surface area contributed by atoms with Gasteiger partial charge in [0.25, 0.3) is 5.91 Å². The van der Waals surface area contributed by atoms with Crippen molar-refractivity contribution in [3.63, 3.8) is 0 Å². The molecule has 1 N–H and O–H groups in total. The van der Waals surface area contributed by atoms with Crippen LogP contribution in [-0.4, -0.2) is 24.5 Å². The third-order valence-corrected chi connectivity index (χ3v) is 3.48. The second-order valence-corrected chi connectivity index (χ2v) is 5.41. The monoisotopic (exact) mass is 331 g/mol. The van der Waals surface area contributed by atoms with Crippen molar-refractivity contribution in [1.82, 2.24) is 5.32 Å². The van der Waals surface area contributed by atoms with E-state index in [-0.39, 0.29) is 12.5 Å². The number of hydrogen-bond donors (Lipinski definition) is 1. The second-order valence-electron chi connectivity index (χ2n) is 4.98. The van der Waals surface area contributed by atoms with E-state index in [4.69, 9.17) is 16.3 Å². The van der Waals surface area contributed by atoms with E-state index in [0.29, 0.717) is 17.0 Å². The number of esters is 1. The number of benzene rings is 2. The number of carbonyl (C=O) groups is 2. The lowest BCUT2D eigenvalue weighted by molar-refractivity contribution is -0.145. The Bertz CT molecular complexity index is 673. The lowest BCUT2D eigenvalue weighted by atomic mass is 10.1. The van der Waals surface area contributed by atoms with Crippen LogP contribution in [0.1, 0.15) is 22.8 Å². The highest BCUT2D eigenvalue weighted by Gasteiger charge is 2.23. The highest BCUT2D eigenvalue weighted by atomic mass is 35.5. The van der Waals surface area contributed by atoms with Gasteiger partial charge >= 0.3 is 5.97 Å². The molecule has 0 bridgehead atoms. The molecule has 0 heterocycles. The molecule has 0 aliphatic heterocycles. The molecule has 120 valence electrons. The van der Waals surface area contributed by atoms with E-state index in [1.165, 1.54) is 0 Å². The number of ether oxygens (including phenoxy) is 1. The molecular formula is C18H18ClNO3. The van der Waals surface area contributed by atoms with Gasteiger partial charge in [0.15, 0.2) is 0 Å². The van der Waals surface area contributed by atoms with Crippen LogP contribution in [0.25, 0.3) is 0 Å². The van der Waals surface area contributed by atoms with Crippen LogP contribution in [0.3, 0.4) is 0 Å². The van der Waals surface area contributed by atoms with Crippen LogP contribution in [0.5, 0.6) is 0 Å². The molecule has 0 saturated carbocycles. The normalized spacial score (nSPS) is 11.6. The third kappa shape index (κ3) is 5.11. The van der Waals surface area contributed by atoms with Gasteiger partial charge in [0.2, 0.25) is 0 Å². The summed E-state index contributed by atoms with van der Waals surface area (Å²) in [5.74, 6) is -0.812. The molecular weight excluding hydrogens is 314 g/mol. The summed E-state index contributed by atoms with van der Waals surface area (Å²) >= 11 is 5.90. The summed E-state index contributed by atoms with van der Waals surface area (Å²) in [6.07, 6.45) is 0.367. The first-order valence-corrected chi connectivity index (χ1v) is 7.75. The Kier molecular flexibility index (Phi) is 6.18. The molecule has 4 nitrogen and oxygen atoms in total. The largest absolute Gasteiger partial charge is 0.464 e. The zero-order valence-electron chi connectivity index (χ0n) is 12.8. The topological polar surface area (TPSA) is 55.4 Å². The second kappa shape index (κ2) is 8.34. The molecule has 1 unspecified atom stereocenters. The van der Waals surface area contributed by atoms with Crippen molar-refractivity contribution >= 4 is 23.5 Å². The predicted octanol–water partition coefficient (Wildman–Crippen LogP) is 3.24. The molecule has 2 rings (SSSR count). The van der Waals surface area contributed by atoms with Crippen LogP contribution < -0.4 is 5.32 Å². The van der Waals surface area contributed by atoms with Gasteiger partial charge in [-0.1, -0.05) is 48.0 Å². The SMILES string of the molecule is CCOC(=O)C(Cc1ccccc1)NC(=O)c1cccc(Cl)c1. The minimum Gasteiger partial charge on any atom is -0.464 e. The summed E-state index contributed by atoms with van der Waals surface area (Å²) in [6.45, 7) is 1.99. The molecule has 0 fully saturated rings. The van der Waals surface area contributed by atoms with Gasteiger partial charge in [-0.25, -0.2) is 4.79 Å². The van der Waals surface area contributed by atoms with Crippen molar-refractivity contribution in [2.45, 2.75) is 19.4 Å². The van der Waals surface area contributed by atoms with E-state index in [0.717, 1.165) is 5.56 Å². The molecule has 0 aliphatic carbocycles. The first kappa shape index (κ1) is 17.0. The lowest BCUT2D eigenvalue weighted by Crippen LogP contribution is -2.43. The Labute approximate surface area is 140 Å². The fourth-order valence-corrected chi connectivity index (χ4v) is 2.35. The van der Waals surface area contributed by atoms with Crippen LogP contribution in [0.2, 0.25) is 5.02 Å². The van der Waals surface area contributed by atoms with Crippen molar-refractivity contribution < 1.29 is 14.3 Å².